The van der Waals surface area contributed by atoms with Crippen LogP contribution in [-0.4, -0.2) is 57.4 Å². The van der Waals surface area contributed by atoms with Crippen LogP contribution in [0.4, 0.5) is 0 Å². The number of thiophene rings is 1. The van der Waals surface area contributed by atoms with Crippen molar-refractivity contribution in [2.45, 2.75) is 29.5 Å². The number of nitrogens with two attached hydrogens (primary N) is 1. The van der Waals surface area contributed by atoms with Gasteiger partial charge in [0.1, 0.15) is 4.21 Å². The van der Waals surface area contributed by atoms with Gasteiger partial charge in [-0.1, -0.05) is 0 Å². The summed E-state index contributed by atoms with van der Waals surface area (Å²) >= 11 is 1.33. The predicted molar refractivity (Wildman–Crippen MR) is 82.5 cm³/mol. The van der Waals surface area contributed by atoms with Crippen molar-refractivity contribution in [2.75, 3.05) is 33.7 Å². The second kappa shape index (κ2) is 6.53. The van der Waals surface area contributed by atoms with Gasteiger partial charge in [0.15, 0.2) is 0 Å². The molecule has 0 spiro atoms. The SMILES string of the molecule is CN1CCCC1CN(C)S(=O)(=O)c1ccc(CCN)s1. The summed E-state index contributed by atoms with van der Waals surface area (Å²) in [7, 11) is 0.366. The van der Waals surface area contributed by atoms with Crippen molar-refractivity contribution >= 4 is 21.4 Å². The molecule has 1 fully saturated rings. The quantitative estimate of drug-likeness (QED) is 0.849. The fraction of sp³-hybridized carbons (Fsp3) is 0.692. The molecule has 1 aliphatic heterocycles. The summed E-state index contributed by atoms with van der Waals surface area (Å²) in [5, 5.41) is 0. The van der Waals surface area contributed by atoms with Gasteiger partial charge >= 0.3 is 0 Å². The van der Waals surface area contributed by atoms with Gasteiger partial charge in [-0.05, 0) is 51.5 Å². The summed E-state index contributed by atoms with van der Waals surface area (Å²) in [6.45, 7) is 2.16. The van der Waals surface area contributed by atoms with Crippen LogP contribution < -0.4 is 5.73 Å². The van der Waals surface area contributed by atoms with E-state index in [1.54, 1.807) is 13.1 Å². The Kier molecular flexibility index (Phi) is 5.19. The van der Waals surface area contributed by atoms with E-state index in [4.69, 9.17) is 5.73 Å². The van der Waals surface area contributed by atoms with Crippen LogP contribution in [0, 0.1) is 0 Å². The van der Waals surface area contributed by atoms with E-state index < -0.39 is 10.0 Å². The van der Waals surface area contributed by atoms with Gasteiger partial charge in [-0.2, -0.15) is 4.31 Å². The third-order valence-electron chi connectivity index (χ3n) is 3.83. The Bertz CT molecular complexity index is 542. The van der Waals surface area contributed by atoms with E-state index in [1.807, 2.05) is 6.07 Å². The topological polar surface area (TPSA) is 66.6 Å². The molecule has 1 aliphatic rings. The van der Waals surface area contributed by atoms with E-state index in [2.05, 4.69) is 11.9 Å². The van der Waals surface area contributed by atoms with Crippen LogP contribution >= 0.6 is 11.3 Å². The van der Waals surface area contributed by atoms with Crippen LogP contribution in [0.1, 0.15) is 17.7 Å². The van der Waals surface area contributed by atoms with Crippen molar-refractivity contribution in [3.05, 3.63) is 17.0 Å². The molecule has 7 heteroatoms. The Morgan fingerprint density at radius 3 is 2.85 bits per heavy atom. The molecule has 0 amide bonds. The molecule has 20 heavy (non-hydrogen) atoms. The minimum atomic E-state index is -3.36. The highest BCUT2D eigenvalue weighted by atomic mass is 32.2. The van der Waals surface area contributed by atoms with Crippen molar-refractivity contribution in [3.63, 3.8) is 0 Å². The number of hydrogen-bond donors (Lipinski definition) is 1. The van der Waals surface area contributed by atoms with Crippen molar-refractivity contribution in [1.29, 1.82) is 0 Å². The molecular formula is C13H23N3O2S2. The lowest BCUT2D eigenvalue weighted by molar-refractivity contribution is 0.271. The molecule has 1 unspecified atom stereocenters. The molecule has 2 N–H and O–H groups in total. The molecule has 2 rings (SSSR count). The van der Waals surface area contributed by atoms with Gasteiger partial charge in [-0.25, -0.2) is 8.42 Å². The zero-order chi connectivity index (χ0) is 14.8. The van der Waals surface area contributed by atoms with E-state index in [0.717, 1.165) is 30.7 Å². The highest BCUT2D eigenvalue weighted by molar-refractivity contribution is 7.91. The predicted octanol–water partition coefficient (Wildman–Crippen LogP) is 0.964. The minimum absolute atomic E-state index is 0.332. The van der Waals surface area contributed by atoms with Gasteiger partial charge < -0.3 is 10.6 Å². The third kappa shape index (κ3) is 3.40. The molecule has 0 bridgehead atoms. The third-order valence-corrected chi connectivity index (χ3v) is 7.27. The van der Waals surface area contributed by atoms with E-state index in [1.165, 1.54) is 15.6 Å². The summed E-state index contributed by atoms with van der Waals surface area (Å²) in [6.07, 6.45) is 2.95. The zero-order valence-electron chi connectivity index (χ0n) is 12.1. The largest absolute Gasteiger partial charge is 0.330 e. The maximum atomic E-state index is 12.5. The normalized spacial score (nSPS) is 20.9. The van der Waals surface area contributed by atoms with Crippen molar-refractivity contribution in [2.24, 2.45) is 5.73 Å². The van der Waals surface area contributed by atoms with Crippen LogP contribution in [0.15, 0.2) is 16.3 Å². The maximum Gasteiger partial charge on any atom is 0.252 e. The molecule has 114 valence electrons. The first-order chi connectivity index (χ1) is 9.45. The molecular weight excluding hydrogens is 294 g/mol. The van der Waals surface area contributed by atoms with Crippen LogP contribution in [-0.2, 0) is 16.4 Å². The lowest BCUT2D eigenvalue weighted by Gasteiger charge is -2.24. The zero-order valence-corrected chi connectivity index (χ0v) is 13.7. The molecule has 1 aromatic heterocycles. The number of hydrogen-bond acceptors (Lipinski definition) is 5. The second-order valence-electron chi connectivity index (χ2n) is 5.32. The number of likely N-dealkylation sites (tertiary alicyclic amines) is 1. The average molecular weight is 317 g/mol. The summed E-state index contributed by atoms with van der Waals surface area (Å²) in [6, 6.07) is 3.89. The first kappa shape index (κ1) is 15.9. The minimum Gasteiger partial charge on any atom is -0.330 e. The fourth-order valence-corrected chi connectivity index (χ4v) is 5.32. The van der Waals surface area contributed by atoms with Crippen LogP contribution in [0.2, 0.25) is 0 Å². The van der Waals surface area contributed by atoms with Crippen molar-refractivity contribution in [1.82, 2.24) is 9.21 Å². The van der Waals surface area contributed by atoms with Gasteiger partial charge in [-0.3, -0.25) is 0 Å². The Balaban J connectivity index is 2.08. The van der Waals surface area contributed by atoms with Gasteiger partial charge in [0.2, 0.25) is 0 Å². The Hall–Kier alpha value is -0.470. The molecule has 5 nitrogen and oxygen atoms in total. The molecule has 1 saturated heterocycles. The lowest BCUT2D eigenvalue weighted by atomic mass is 10.2. The van der Waals surface area contributed by atoms with Crippen molar-refractivity contribution in [3.8, 4) is 0 Å². The van der Waals surface area contributed by atoms with Crippen LogP contribution in [0.25, 0.3) is 0 Å². The molecule has 1 aromatic rings. The van der Waals surface area contributed by atoms with Gasteiger partial charge in [-0.15, -0.1) is 11.3 Å². The molecule has 0 radical (unpaired) electrons. The van der Waals surface area contributed by atoms with Gasteiger partial charge in [0.25, 0.3) is 10.0 Å². The molecule has 0 aliphatic carbocycles. The Morgan fingerprint density at radius 2 is 2.25 bits per heavy atom. The van der Waals surface area contributed by atoms with Crippen LogP contribution in [0.5, 0.6) is 0 Å². The number of rotatable bonds is 6. The standard InChI is InChI=1S/C13H23N3O2S2/c1-15-9-3-4-11(15)10-16(2)20(17,18)13-6-5-12(19-13)7-8-14/h5-6,11H,3-4,7-10,14H2,1-2H3. The molecule has 1 atom stereocenters. The summed E-state index contributed by atoms with van der Waals surface area (Å²) < 4.78 is 27.0. The van der Waals surface area contributed by atoms with E-state index in [9.17, 15) is 8.42 Å². The Morgan fingerprint density at radius 1 is 1.50 bits per heavy atom. The number of nitrogens with zero attached hydrogens (tertiary/aromatic N) is 2. The number of likely N-dealkylation sites (N-methyl/N-ethyl adjacent to an activating group) is 2. The molecule has 0 saturated carbocycles. The van der Waals surface area contributed by atoms with E-state index in [-0.39, 0.29) is 0 Å². The summed E-state index contributed by atoms with van der Waals surface area (Å²) in [5.74, 6) is 0. The average Bonchev–Trinajstić information content (AvgIpc) is 3.00. The lowest BCUT2D eigenvalue weighted by Crippen LogP contribution is -2.39. The molecule has 0 aromatic carbocycles. The summed E-state index contributed by atoms with van der Waals surface area (Å²) in [4.78, 5) is 3.26. The monoisotopic (exact) mass is 317 g/mol. The summed E-state index contributed by atoms with van der Waals surface area (Å²) in [5.41, 5.74) is 5.50. The molecule has 2 heterocycles. The highest BCUT2D eigenvalue weighted by Gasteiger charge is 2.28. The van der Waals surface area contributed by atoms with Crippen molar-refractivity contribution < 1.29 is 8.42 Å². The van der Waals surface area contributed by atoms with Crippen LogP contribution in [0.3, 0.4) is 0 Å². The van der Waals surface area contributed by atoms with E-state index >= 15 is 0 Å². The first-order valence-electron chi connectivity index (χ1n) is 6.90. The van der Waals surface area contributed by atoms with Gasteiger partial charge in [0.05, 0.1) is 0 Å². The fourth-order valence-electron chi connectivity index (χ4n) is 2.53. The number of sulfonamides is 1. The Labute approximate surface area is 125 Å². The first-order valence-corrected chi connectivity index (χ1v) is 9.16. The highest BCUT2D eigenvalue weighted by Crippen LogP contribution is 2.26. The second-order valence-corrected chi connectivity index (χ2v) is 8.76. The van der Waals surface area contributed by atoms with E-state index in [0.29, 0.717) is 23.3 Å². The smallest absolute Gasteiger partial charge is 0.252 e. The maximum absolute atomic E-state index is 12.5. The van der Waals surface area contributed by atoms with Gasteiger partial charge in [0, 0.05) is 24.5 Å².